The fraction of sp³-hybridized carbons (Fsp3) is 0.600. The van der Waals surface area contributed by atoms with Crippen LogP contribution in [0, 0.1) is 0 Å². The van der Waals surface area contributed by atoms with Crippen LogP contribution in [0.3, 0.4) is 0 Å². The summed E-state index contributed by atoms with van der Waals surface area (Å²) in [5.74, 6) is 0.967. The summed E-state index contributed by atoms with van der Waals surface area (Å²) in [4.78, 5) is 0. The highest BCUT2D eigenvalue weighted by Crippen LogP contribution is 2.37. The third kappa shape index (κ3) is 5.08. The molecule has 0 aliphatic rings. The van der Waals surface area contributed by atoms with Gasteiger partial charge < -0.3 is 4.74 Å². The Balaban J connectivity index is 2.65. The largest absolute Gasteiger partial charge is 0.497 e. The average molecular weight is 252 g/mol. The first-order valence-corrected chi connectivity index (χ1v) is 8.42. The molecule has 0 saturated carbocycles. The molecule has 0 heterocycles. The minimum atomic E-state index is 0.0595. The topological polar surface area (TPSA) is 9.23 Å². The van der Waals surface area contributed by atoms with Gasteiger partial charge in [-0.2, -0.15) is 0 Å². The van der Waals surface area contributed by atoms with E-state index in [2.05, 4.69) is 38.1 Å². The molecule has 0 unspecified atom stereocenters. The van der Waals surface area contributed by atoms with Crippen molar-refractivity contribution in [1.29, 1.82) is 0 Å². The molecule has 1 nitrogen and oxygen atoms in total. The van der Waals surface area contributed by atoms with Crippen molar-refractivity contribution in [3.8, 4) is 5.75 Å². The van der Waals surface area contributed by atoms with E-state index in [-0.39, 0.29) is 7.92 Å². The number of hydrogen-bond acceptors (Lipinski definition) is 1. The molecule has 0 fully saturated rings. The standard InChI is InChI=1S/C15H25OP/c1-4-6-12-17(13-7-5-2)15-10-8-14(16-3)9-11-15/h8-11H,4-7,12-13H2,1-3H3. The van der Waals surface area contributed by atoms with E-state index in [0.29, 0.717) is 0 Å². The van der Waals surface area contributed by atoms with Gasteiger partial charge in [-0.25, -0.2) is 0 Å². The Morgan fingerprint density at radius 2 is 1.47 bits per heavy atom. The average Bonchev–Trinajstić information content (AvgIpc) is 2.39. The predicted octanol–water partition coefficient (Wildman–Crippen LogP) is 4.40. The molecule has 1 aromatic rings. The normalized spacial score (nSPS) is 10.8. The van der Waals surface area contributed by atoms with Crippen LogP contribution in [0.25, 0.3) is 0 Å². The third-order valence-electron chi connectivity index (χ3n) is 3.00. The molecule has 0 atom stereocenters. The van der Waals surface area contributed by atoms with Gasteiger partial charge in [0.1, 0.15) is 5.75 Å². The Bertz CT molecular complexity index is 286. The van der Waals surface area contributed by atoms with Crippen LogP contribution in [0.4, 0.5) is 0 Å². The van der Waals surface area contributed by atoms with Gasteiger partial charge in [0.15, 0.2) is 0 Å². The van der Waals surface area contributed by atoms with E-state index >= 15 is 0 Å². The van der Waals surface area contributed by atoms with Crippen molar-refractivity contribution in [2.75, 3.05) is 19.4 Å². The molecule has 17 heavy (non-hydrogen) atoms. The Morgan fingerprint density at radius 1 is 0.941 bits per heavy atom. The van der Waals surface area contributed by atoms with Crippen LogP contribution in [-0.2, 0) is 0 Å². The van der Waals surface area contributed by atoms with E-state index in [1.54, 1.807) is 12.4 Å². The Morgan fingerprint density at radius 3 is 1.88 bits per heavy atom. The van der Waals surface area contributed by atoms with Crippen LogP contribution in [0.2, 0.25) is 0 Å². The van der Waals surface area contributed by atoms with E-state index in [0.717, 1.165) is 5.75 Å². The minimum Gasteiger partial charge on any atom is -0.497 e. The molecule has 0 N–H and O–H groups in total. The zero-order valence-electron chi connectivity index (χ0n) is 11.4. The maximum atomic E-state index is 5.22. The molecule has 96 valence electrons. The van der Waals surface area contributed by atoms with Gasteiger partial charge in [-0.3, -0.25) is 0 Å². The van der Waals surface area contributed by atoms with Gasteiger partial charge in [-0.05, 0) is 42.6 Å². The van der Waals surface area contributed by atoms with Crippen LogP contribution in [-0.4, -0.2) is 19.4 Å². The van der Waals surface area contributed by atoms with Gasteiger partial charge in [-0.1, -0.05) is 46.7 Å². The first kappa shape index (κ1) is 14.5. The molecule has 0 bridgehead atoms. The number of benzene rings is 1. The monoisotopic (exact) mass is 252 g/mol. The smallest absolute Gasteiger partial charge is 0.118 e. The lowest BCUT2D eigenvalue weighted by atomic mass is 10.3. The van der Waals surface area contributed by atoms with Crippen LogP contribution in [0.15, 0.2) is 24.3 Å². The maximum absolute atomic E-state index is 5.22. The lowest BCUT2D eigenvalue weighted by Gasteiger charge is -2.18. The van der Waals surface area contributed by atoms with Gasteiger partial charge >= 0.3 is 0 Å². The quantitative estimate of drug-likeness (QED) is 0.623. The van der Waals surface area contributed by atoms with Crippen molar-refractivity contribution in [1.82, 2.24) is 0 Å². The van der Waals surface area contributed by atoms with Crippen LogP contribution in [0.5, 0.6) is 5.75 Å². The number of hydrogen-bond donors (Lipinski definition) is 0. The van der Waals surface area contributed by atoms with Crippen molar-refractivity contribution in [3.63, 3.8) is 0 Å². The van der Waals surface area contributed by atoms with Crippen molar-refractivity contribution < 1.29 is 4.74 Å². The summed E-state index contributed by atoms with van der Waals surface area (Å²) in [7, 11) is 1.79. The fourth-order valence-electron chi connectivity index (χ4n) is 1.86. The number of rotatable bonds is 8. The second kappa shape index (κ2) is 8.53. The van der Waals surface area contributed by atoms with Crippen molar-refractivity contribution in [3.05, 3.63) is 24.3 Å². The fourth-order valence-corrected chi connectivity index (χ4v) is 4.57. The summed E-state index contributed by atoms with van der Waals surface area (Å²) >= 11 is 0. The maximum Gasteiger partial charge on any atom is 0.118 e. The number of ether oxygens (including phenoxy) is 1. The lowest BCUT2D eigenvalue weighted by molar-refractivity contribution is 0.415. The van der Waals surface area contributed by atoms with Crippen LogP contribution >= 0.6 is 7.92 Å². The summed E-state index contributed by atoms with van der Waals surface area (Å²) in [5, 5.41) is 1.54. The van der Waals surface area contributed by atoms with E-state index in [1.165, 1.54) is 38.0 Å². The summed E-state index contributed by atoms with van der Waals surface area (Å²) < 4.78 is 5.22. The van der Waals surface area contributed by atoms with E-state index in [9.17, 15) is 0 Å². The molecule has 0 amide bonds. The molecule has 1 aromatic carbocycles. The van der Waals surface area contributed by atoms with E-state index in [1.807, 2.05) is 0 Å². The van der Waals surface area contributed by atoms with Gasteiger partial charge in [0.05, 0.1) is 7.11 Å². The number of unbranched alkanes of at least 4 members (excludes halogenated alkanes) is 2. The van der Waals surface area contributed by atoms with Crippen molar-refractivity contribution >= 4 is 13.2 Å². The van der Waals surface area contributed by atoms with Gasteiger partial charge in [0.25, 0.3) is 0 Å². The summed E-state index contributed by atoms with van der Waals surface area (Å²) in [5.41, 5.74) is 0. The van der Waals surface area contributed by atoms with Gasteiger partial charge in [0.2, 0.25) is 0 Å². The SMILES string of the molecule is CCCCP(CCCC)c1ccc(OC)cc1. The predicted molar refractivity (Wildman–Crippen MR) is 79.1 cm³/mol. The van der Waals surface area contributed by atoms with Crippen LogP contribution in [0.1, 0.15) is 39.5 Å². The van der Waals surface area contributed by atoms with Gasteiger partial charge in [0, 0.05) is 0 Å². The molecule has 0 aliphatic carbocycles. The number of methoxy groups -OCH3 is 1. The molecule has 0 radical (unpaired) electrons. The second-order valence-corrected chi connectivity index (χ2v) is 6.88. The Kier molecular flexibility index (Phi) is 7.28. The third-order valence-corrected chi connectivity index (χ3v) is 5.74. The zero-order valence-corrected chi connectivity index (χ0v) is 12.3. The summed E-state index contributed by atoms with van der Waals surface area (Å²) in [6.07, 6.45) is 8.11. The Hall–Kier alpha value is -0.550. The summed E-state index contributed by atoms with van der Waals surface area (Å²) in [6, 6.07) is 8.72. The first-order valence-electron chi connectivity index (χ1n) is 6.70. The van der Waals surface area contributed by atoms with Crippen molar-refractivity contribution in [2.45, 2.75) is 39.5 Å². The molecular formula is C15H25OP. The minimum absolute atomic E-state index is 0.0595. The van der Waals surface area contributed by atoms with Crippen molar-refractivity contribution in [2.24, 2.45) is 0 Å². The molecule has 1 rings (SSSR count). The molecular weight excluding hydrogens is 227 g/mol. The Labute approximate surface area is 107 Å². The second-order valence-electron chi connectivity index (χ2n) is 4.39. The zero-order chi connectivity index (χ0) is 12.5. The highest BCUT2D eigenvalue weighted by Gasteiger charge is 2.09. The highest BCUT2D eigenvalue weighted by molar-refractivity contribution is 7.65. The first-order chi connectivity index (χ1) is 8.31. The molecule has 0 saturated heterocycles. The molecule has 0 aromatic heterocycles. The molecule has 2 heteroatoms. The summed E-state index contributed by atoms with van der Waals surface area (Å²) in [6.45, 7) is 4.56. The van der Waals surface area contributed by atoms with Crippen LogP contribution < -0.4 is 10.0 Å². The van der Waals surface area contributed by atoms with E-state index < -0.39 is 0 Å². The molecule has 0 spiro atoms. The molecule has 0 aliphatic heterocycles. The van der Waals surface area contributed by atoms with E-state index in [4.69, 9.17) is 4.74 Å². The lowest BCUT2D eigenvalue weighted by Crippen LogP contribution is -2.06. The highest BCUT2D eigenvalue weighted by atomic mass is 31.1. The van der Waals surface area contributed by atoms with Gasteiger partial charge in [-0.15, -0.1) is 0 Å².